The zero-order chi connectivity index (χ0) is 24.6. The van der Waals surface area contributed by atoms with E-state index in [1.54, 1.807) is 0 Å². The molecule has 10 heteroatoms. The normalized spacial score (nSPS) is 17.5. The van der Waals surface area contributed by atoms with Crippen molar-refractivity contribution in [1.82, 2.24) is 18.9 Å². The van der Waals surface area contributed by atoms with Crippen molar-refractivity contribution in [3.63, 3.8) is 0 Å². The maximum absolute atomic E-state index is 13.3. The fourth-order valence-electron chi connectivity index (χ4n) is 4.52. The first-order chi connectivity index (χ1) is 16.1. The van der Waals surface area contributed by atoms with Crippen molar-refractivity contribution < 1.29 is 27.9 Å². The minimum absolute atomic E-state index is 0.172. The van der Waals surface area contributed by atoms with Gasteiger partial charge < -0.3 is 24.0 Å². The van der Waals surface area contributed by atoms with Gasteiger partial charge in [0.2, 0.25) is 0 Å². The fourth-order valence-corrected chi connectivity index (χ4v) is 4.52. The van der Waals surface area contributed by atoms with Gasteiger partial charge in [-0.15, -0.1) is 0 Å². The summed E-state index contributed by atoms with van der Waals surface area (Å²) in [7, 11) is 4.19. The second-order valence-corrected chi connectivity index (χ2v) is 9.15. The van der Waals surface area contributed by atoms with Gasteiger partial charge in [-0.25, -0.2) is 4.79 Å². The van der Waals surface area contributed by atoms with Crippen molar-refractivity contribution >= 4 is 33.8 Å². The molecule has 0 radical (unpaired) electrons. The molecule has 2 aliphatic rings. The van der Waals surface area contributed by atoms with Gasteiger partial charge in [-0.2, -0.15) is 13.2 Å². The molecule has 1 saturated heterocycles. The summed E-state index contributed by atoms with van der Waals surface area (Å²) < 4.78 is 36.3. The predicted octanol–water partition coefficient (Wildman–Crippen LogP) is 3.95. The predicted molar refractivity (Wildman–Crippen MR) is 123 cm³/mol. The third kappa shape index (κ3) is 4.91. The third-order valence-electron chi connectivity index (χ3n) is 6.56. The Balaban J connectivity index is 0.000000344. The van der Waals surface area contributed by atoms with E-state index in [-0.39, 0.29) is 5.91 Å². The molecule has 0 unspecified atom stereocenters. The molecule has 0 spiro atoms. The van der Waals surface area contributed by atoms with Gasteiger partial charge in [0.1, 0.15) is 5.69 Å². The van der Waals surface area contributed by atoms with Crippen LogP contribution in [0.2, 0.25) is 0 Å². The van der Waals surface area contributed by atoms with Crippen LogP contribution in [0.3, 0.4) is 0 Å². The van der Waals surface area contributed by atoms with Crippen LogP contribution >= 0.6 is 0 Å². The van der Waals surface area contributed by atoms with Crippen molar-refractivity contribution in [2.45, 2.75) is 32.0 Å². The lowest BCUT2D eigenvalue weighted by atomic mass is 10.2. The molecular formula is C24H29F3N4O3. The molecule has 0 atom stereocenters. The van der Waals surface area contributed by atoms with E-state index in [4.69, 9.17) is 9.90 Å². The van der Waals surface area contributed by atoms with E-state index >= 15 is 0 Å². The Morgan fingerprint density at radius 2 is 1.71 bits per heavy atom. The molecule has 2 fully saturated rings. The molecule has 2 aromatic heterocycles. The number of para-hydroxylation sites is 1. The second kappa shape index (κ2) is 9.32. The summed E-state index contributed by atoms with van der Waals surface area (Å²) in [6, 6.07) is 10.8. The SMILES string of the molecule is CN1CCCN(C(=O)c2cc3c(c4ccccc4n3CC3CC3)n2C)CC1.O=C(O)C(F)(F)F. The van der Waals surface area contributed by atoms with Crippen molar-refractivity contribution in [3.8, 4) is 0 Å². The average molecular weight is 479 g/mol. The van der Waals surface area contributed by atoms with Gasteiger partial charge in [0.25, 0.3) is 5.91 Å². The number of fused-ring (bicyclic) bond motifs is 3. The topological polar surface area (TPSA) is 70.7 Å². The molecule has 1 saturated carbocycles. The Morgan fingerprint density at radius 1 is 1.03 bits per heavy atom. The molecular weight excluding hydrogens is 449 g/mol. The lowest BCUT2D eigenvalue weighted by Crippen LogP contribution is -2.35. The summed E-state index contributed by atoms with van der Waals surface area (Å²) in [6.07, 6.45) is -1.38. The molecule has 1 aliphatic carbocycles. The number of carboxylic acids is 1. The lowest BCUT2D eigenvalue weighted by Gasteiger charge is -2.20. The third-order valence-corrected chi connectivity index (χ3v) is 6.56. The molecule has 34 heavy (non-hydrogen) atoms. The van der Waals surface area contributed by atoms with Crippen LogP contribution in [0, 0.1) is 5.92 Å². The van der Waals surface area contributed by atoms with Crippen molar-refractivity contribution in [1.29, 1.82) is 0 Å². The number of rotatable bonds is 3. The highest BCUT2D eigenvalue weighted by atomic mass is 19.4. The molecule has 5 rings (SSSR count). The van der Waals surface area contributed by atoms with Crippen LogP contribution in [0.5, 0.6) is 0 Å². The van der Waals surface area contributed by atoms with Crippen LogP contribution in [-0.4, -0.2) is 75.3 Å². The summed E-state index contributed by atoms with van der Waals surface area (Å²) in [4.78, 5) is 26.5. The van der Waals surface area contributed by atoms with E-state index in [1.165, 1.54) is 34.8 Å². The number of amides is 1. The first-order valence-corrected chi connectivity index (χ1v) is 11.4. The highest BCUT2D eigenvalue weighted by molar-refractivity contribution is 6.10. The second-order valence-electron chi connectivity index (χ2n) is 9.15. The zero-order valence-electron chi connectivity index (χ0n) is 19.3. The van der Waals surface area contributed by atoms with Gasteiger partial charge in [-0.05, 0) is 50.9 Å². The number of carboxylic acid groups (broad SMARTS) is 1. The number of nitrogens with zero attached hydrogens (tertiary/aromatic N) is 4. The smallest absolute Gasteiger partial charge is 0.475 e. The van der Waals surface area contributed by atoms with E-state index in [2.05, 4.69) is 51.4 Å². The fraction of sp³-hybridized carbons (Fsp3) is 0.500. The summed E-state index contributed by atoms with van der Waals surface area (Å²) in [5.74, 6) is -1.79. The maximum Gasteiger partial charge on any atom is 0.490 e. The number of alkyl halides is 3. The van der Waals surface area contributed by atoms with E-state index in [1.807, 2.05) is 11.9 Å². The molecule has 1 aromatic carbocycles. The van der Waals surface area contributed by atoms with Gasteiger partial charge in [0.15, 0.2) is 0 Å². The molecule has 7 nitrogen and oxygen atoms in total. The Kier molecular flexibility index (Phi) is 6.62. The Bertz CT molecular complexity index is 1210. The standard InChI is InChI=1S/C22H28N4O.C2HF3O2/c1-23-10-5-11-25(13-12-23)22(27)20-14-19-21(24(20)2)17-6-3-4-7-18(17)26(19)15-16-8-9-16;3-2(4,5)1(6)7/h3-4,6-7,14,16H,5,8-13,15H2,1-2H3;(H,6,7). The molecule has 1 aliphatic heterocycles. The molecule has 3 heterocycles. The van der Waals surface area contributed by atoms with Crippen LogP contribution in [0.25, 0.3) is 21.9 Å². The number of carbonyl (C=O) groups excluding carboxylic acids is 1. The largest absolute Gasteiger partial charge is 0.490 e. The van der Waals surface area contributed by atoms with Gasteiger partial charge in [0.05, 0.1) is 16.6 Å². The Morgan fingerprint density at radius 3 is 2.35 bits per heavy atom. The van der Waals surface area contributed by atoms with E-state index in [0.29, 0.717) is 0 Å². The highest BCUT2D eigenvalue weighted by Gasteiger charge is 2.38. The van der Waals surface area contributed by atoms with Crippen LogP contribution in [-0.2, 0) is 18.4 Å². The first kappa shape index (κ1) is 24.1. The van der Waals surface area contributed by atoms with Crippen molar-refractivity contribution in [2.24, 2.45) is 13.0 Å². The Labute approximate surface area is 195 Å². The lowest BCUT2D eigenvalue weighted by molar-refractivity contribution is -0.192. The van der Waals surface area contributed by atoms with Gasteiger partial charge in [-0.1, -0.05) is 18.2 Å². The van der Waals surface area contributed by atoms with Crippen LogP contribution in [0.1, 0.15) is 29.8 Å². The molecule has 1 amide bonds. The number of aryl methyl sites for hydroxylation is 1. The van der Waals surface area contributed by atoms with Crippen molar-refractivity contribution in [3.05, 3.63) is 36.0 Å². The average Bonchev–Trinajstić information content (AvgIpc) is 3.51. The van der Waals surface area contributed by atoms with Crippen LogP contribution < -0.4 is 0 Å². The van der Waals surface area contributed by atoms with E-state index < -0.39 is 12.1 Å². The van der Waals surface area contributed by atoms with E-state index in [9.17, 15) is 18.0 Å². The summed E-state index contributed by atoms with van der Waals surface area (Å²) in [5.41, 5.74) is 4.52. The summed E-state index contributed by atoms with van der Waals surface area (Å²) >= 11 is 0. The van der Waals surface area contributed by atoms with Crippen LogP contribution in [0.15, 0.2) is 30.3 Å². The number of aliphatic carboxylic acids is 1. The number of benzene rings is 1. The van der Waals surface area contributed by atoms with E-state index in [0.717, 1.165) is 50.8 Å². The molecule has 3 aromatic rings. The molecule has 0 bridgehead atoms. The number of aromatic nitrogens is 2. The monoisotopic (exact) mass is 478 g/mol. The quantitative estimate of drug-likeness (QED) is 0.619. The van der Waals surface area contributed by atoms with Crippen molar-refractivity contribution in [2.75, 3.05) is 33.2 Å². The minimum atomic E-state index is -5.08. The first-order valence-electron chi connectivity index (χ1n) is 11.4. The highest BCUT2D eigenvalue weighted by Crippen LogP contribution is 2.37. The summed E-state index contributed by atoms with van der Waals surface area (Å²) in [5, 5.41) is 8.38. The molecule has 1 N–H and O–H groups in total. The minimum Gasteiger partial charge on any atom is -0.475 e. The number of hydrogen-bond acceptors (Lipinski definition) is 3. The van der Waals surface area contributed by atoms with Gasteiger partial charge >= 0.3 is 12.1 Å². The number of hydrogen-bond donors (Lipinski definition) is 1. The van der Waals surface area contributed by atoms with Gasteiger partial charge in [-0.3, -0.25) is 4.79 Å². The zero-order valence-corrected chi connectivity index (χ0v) is 19.3. The number of halogens is 3. The van der Waals surface area contributed by atoms with Crippen LogP contribution in [0.4, 0.5) is 13.2 Å². The maximum atomic E-state index is 13.3. The number of carbonyl (C=O) groups is 2. The number of likely N-dealkylation sites (N-methyl/N-ethyl adjacent to an activating group) is 1. The summed E-state index contributed by atoms with van der Waals surface area (Å²) in [6.45, 7) is 4.74. The molecule has 184 valence electrons. The Hall–Kier alpha value is -3.01. The van der Waals surface area contributed by atoms with Gasteiger partial charge in [0, 0.05) is 38.6 Å².